The number of oxime groups is 1. The van der Waals surface area contributed by atoms with Crippen molar-refractivity contribution in [2.75, 3.05) is 0 Å². The molecule has 1 aromatic heterocycles. The van der Waals surface area contributed by atoms with Crippen molar-refractivity contribution in [3.8, 4) is 5.75 Å². The number of pyridine rings is 1. The molecule has 0 saturated carbocycles. The molecule has 0 aliphatic heterocycles. The molecule has 0 aliphatic carbocycles. The molecule has 2 aromatic carbocycles. The highest BCUT2D eigenvalue weighted by atomic mass is 16.4. The second-order valence-electron chi connectivity index (χ2n) is 6.44. The van der Waals surface area contributed by atoms with Crippen LogP contribution < -0.4 is 0 Å². The molecule has 0 spiro atoms. The molecule has 0 bridgehead atoms. The highest BCUT2D eigenvalue weighted by molar-refractivity contribution is 6.00. The van der Waals surface area contributed by atoms with Gasteiger partial charge in [0.15, 0.2) is 0 Å². The first kappa shape index (κ1) is 17.7. The van der Waals surface area contributed by atoms with Crippen LogP contribution in [-0.4, -0.2) is 21.0 Å². The van der Waals surface area contributed by atoms with Gasteiger partial charge in [-0.2, -0.15) is 0 Å². The van der Waals surface area contributed by atoms with Gasteiger partial charge in [-0.3, -0.25) is 4.98 Å². The lowest BCUT2D eigenvalue weighted by atomic mass is 9.83. The number of phenols is 1. The molecule has 3 rings (SSSR count). The van der Waals surface area contributed by atoms with Gasteiger partial charge >= 0.3 is 0 Å². The summed E-state index contributed by atoms with van der Waals surface area (Å²) >= 11 is 0. The molecule has 2 N–H and O–H groups in total. The van der Waals surface area contributed by atoms with Crippen LogP contribution in [0.5, 0.6) is 5.75 Å². The molecule has 0 radical (unpaired) electrons. The fraction of sp³-hybridized carbons (Fsp3) is 0.182. The number of benzene rings is 2. The van der Waals surface area contributed by atoms with E-state index in [-0.39, 0.29) is 11.7 Å². The zero-order valence-corrected chi connectivity index (χ0v) is 14.9. The van der Waals surface area contributed by atoms with Crippen molar-refractivity contribution < 1.29 is 10.3 Å². The minimum atomic E-state index is 0.0103. The van der Waals surface area contributed by atoms with Gasteiger partial charge in [0.25, 0.3) is 0 Å². The zero-order chi connectivity index (χ0) is 18.5. The van der Waals surface area contributed by atoms with Crippen LogP contribution in [0.15, 0.2) is 72.0 Å². The lowest BCUT2D eigenvalue weighted by molar-refractivity contribution is 0.317. The largest absolute Gasteiger partial charge is 0.508 e. The number of nitrogens with zero attached hydrogens (tertiary/aromatic N) is 2. The molecule has 132 valence electrons. The SMILES string of the molecule is Cc1cc(/C(C[C@H](c2ccc(O)cc2)c2ccccc2C)=N/O)ccn1. The number of hydrogen-bond donors (Lipinski definition) is 2. The molecule has 3 aromatic rings. The van der Waals surface area contributed by atoms with Crippen LogP contribution in [-0.2, 0) is 0 Å². The Balaban J connectivity index is 2.03. The van der Waals surface area contributed by atoms with Crippen molar-refractivity contribution in [1.82, 2.24) is 4.98 Å². The number of aromatic hydroxyl groups is 1. The van der Waals surface area contributed by atoms with Gasteiger partial charge in [-0.15, -0.1) is 0 Å². The van der Waals surface area contributed by atoms with Gasteiger partial charge < -0.3 is 10.3 Å². The van der Waals surface area contributed by atoms with E-state index in [1.54, 1.807) is 18.3 Å². The van der Waals surface area contributed by atoms with Gasteiger partial charge in [0.05, 0.1) is 5.71 Å². The first-order valence-corrected chi connectivity index (χ1v) is 8.57. The lowest BCUT2D eigenvalue weighted by Crippen LogP contribution is -2.12. The molecule has 0 amide bonds. The van der Waals surface area contributed by atoms with Crippen molar-refractivity contribution in [2.45, 2.75) is 26.2 Å². The van der Waals surface area contributed by atoms with Crippen LogP contribution in [0, 0.1) is 13.8 Å². The third-order valence-electron chi connectivity index (χ3n) is 4.61. The smallest absolute Gasteiger partial charge is 0.115 e. The Bertz CT molecular complexity index is 917. The van der Waals surface area contributed by atoms with E-state index in [1.807, 2.05) is 43.3 Å². The van der Waals surface area contributed by atoms with Crippen molar-refractivity contribution >= 4 is 5.71 Å². The van der Waals surface area contributed by atoms with Crippen LogP contribution in [0.2, 0.25) is 0 Å². The molecular weight excluding hydrogens is 324 g/mol. The summed E-state index contributed by atoms with van der Waals surface area (Å²) in [4.78, 5) is 4.21. The van der Waals surface area contributed by atoms with Gasteiger partial charge in [-0.25, -0.2) is 0 Å². The highest BCUT2D eigenvalue weighted by Crippen LogP contribution is 2.32. The van der Waals surface area contributed by atoms with E-state index in [0.717, 1.165) is 16.8 Å². The Morgan fingerprint density at radius 1 is 1.04 bits per heavy atom. The quantitative estimate of drug-likeness (QED) is 0.396. The maximum Gasteiger partial charge on any atom is 0.115 e. The Morgan fingerprint density at radius 2 is 1.77 bits per heavy atom. The van der Waals surface area contributed by atoms with Crippen LogP contribution in [0.25, 0.3) is 0 Å². The van der Waals surface area contributed by atoms with E-state index < -0.39 is 0 Å². The summed E-state index contributed by atoms with van der Waals surface area (Å²) in [6.07, 6.45) is 2.26. The van der Waals surface area contributed by atoms with E-state index in [4.69, 9.17) is 0 Å². The van der Waals surface area contributed by atoms with Crippen LogP contribution in [0.4, 0.5) is 0 Å². The summed E-state index contributed by atoms with van der Waals surface area (Å²) in [5.74, 6) is 0.245. The van der Waals surface area contributed by atoms with E-state index in [9.17, 15) is 10.3 Å². The summed E-state index contributed by atoms with van der Waals surface area (Å²) in [6.45, 7) is 3.99. The highest BCUT2D eigenvalue weighted by Gasteiger charge is 2.20. The maximum atomic E-state index is 9.65. The predicted molar refractivity (Wildman–Crippen MR) is 103 cm³/mol. The monoisotopic (exact) mass is 346 g/mol. The average Bonchev–Trinajstić information content (AvgIpc) is 2.65. The number of phenolic OH excluding ortho intramolecular Hbond substituents is 1. The van der Waals surface area contributed by atoms with Crippen molar-refractivity contribution in [2.24, 2.45) is 5.16 Å². The van der Waals surface area contributed by atoms with Crippen LogP contribution >= 0.6 is 0 Å². The normalized spacial score (nSPS) is 12.8. The Hall–Kier alpha value is -3.14. The van der Waals surface area contributed by atoms with Gasteiger partial charge in [-0.05, 0) is 54.8 Å². The van der Waals surface area contributed by atoms with E-state index in [0.29, 0.717) is 12.1 Å². The molecule has 0 unspecified atom stereocenters. The second-order valence-corrected chi connectivity index (χ2v) is 6.44. The molecule has 1 heterocycles. The maximum absolute atomic E-state index is 9.65. The molecule has 26 heavy (non-hydrogen) atoms. The summed E-state index contributed by atoms with van der Waals surface area (Å²) in [5, 5.41) is 22.9. The average molecular weight is 346 g/mol. The Labute approximate surface area is 153 Å². The molecular formula is C22H22N2O2. The van der Waals surface area contributed by atoms with Gasteiger partial charge in [-0.1, -0.05) is 41.6 Å². The fourth-order valence-corrected chi connectivity index (χ4v) is 3.23. The minimum Gasteiger partial charge on any atom is -0.508 e. The standard InChI is InChI=1S/C22H22N2O2/c1-15-5-3-4-6-20(15)21(17-7-9-19(25)10-8-17)14-22(24-26)18-11-12-23-16(2)13-18/h3-13,21,25-26H,14H2,1-2H3/b24-22+/t21-/m1/s1. The summed E-state index contributed by atoms with van der Waals surface area (Å²) in [7, 11) is 0. The fourth-order valence-electron chi connectivity index (χ4n) is 3.23. The predicted octanol–water partition coefficient (Wildman–Crippen LogP) is 4.80. The summed E-state index contributed by atoms with van der Waals surface area (Å²) < 4.78 is 0. The minimum absolute atomic E-state index is 0.0103. The van der Waals surface area contributed by atoms with Gasteiger partial charge in [0, 0.05) is 29.8 Å². The van der Waals surface area contributed by atoms with E-state index >= 15 is 0 Å². The van der Waals surface area contributed by atoms with E-state index in [1.165, 1.54) is 11.1 Å². The third kappa shape index (κ3) is 3.91. The van der Waals surface area contributed by atoms with Crippen LogP contribution in [0.3, 0.4) is 0 Å². The summed E-state index contributed by atoms with van der Waals surface area (Å²) in [5.41, 5.74) is 5.75. The number of aromatic nitrogens is 1. The number of rotatable bonds is 5. The molecule has 0 aliphatic rings. The third-order valence-corrected chi connectivity index (χ3v) is 4.61. The molecule has 1 atom stereocenters. The number of aryl methyl sites for hydroxylation is 2. The van der Waals surface area contributed by atoms with Crippen molar-refractivity contribution in [3.05, 3.63) is 94.8 Å². The Kier molecular flexibility index (Phi) is 5.32. The number of hydrogen-bond acceptors (Lipinski definition) is 4. The van der Waals surface area contributed by atoms with Crippen molar-refractivity contribution in [1.29, 1.82) is 0 Å². The lowest BCUT2D eigenvalue weighted by Gasteiger charge is -2.21. The van der Waals surface area contributed by atoms with Crippen LogP contribution in [0.1, 0.15) is 40.3 Å². The van der Waals surface area contributed by atoms with Crippen molar-refractivity contribution in [3.63, 3.8) is 0 Å². The Morgan fingerprint density at radius 3 is 2.42 bits per heavy atom. The van der Waals surface area contributed by atoms with Gasteiger partial charge in [0.1, 0.15) is 5.75 Å². The first-order chi connectivity index (χ1) is 12.6. The molecule has 0 fully saturated rings. The summed E-state index contributed by atoms with van der Waals surface area (Å²) in [6, 6.07) is 19.2. The van der Waals surface area contributed by atoms with Gasteiger partial charge in [0.2, 0.25) is 0 Å². The molecule has 4 nitrogen and oxygen atoms in total. The zero-order valence-electron chi connectivity index (χ0n) is 14.9. The topological polar surface area (TPSA) is 65.7 Å². The first-order valence-electron chi connectivity index (χ1n) is 8.57. The van der Waals surface area contributed by atoms with E-state index in [2.05, 4.69) is 29.2 Å². The molecule has 0 saturated heterocycles. The molecule has 4 heteroatoms. The second kappa shape index (κ2) is 7.83.